The molecule has 2 rings (SSSR count). The van der Waals surface area contributed by atoms with Crippen LogP contribution in [0.1, 0.15) is 51.8 Å². The van der Waals surface area contributed by atoms with Gasteiger partial charge < -0.3 is 14.7 Å². The molecule has 0 spiro atoms. The minimum absolute atomic E-state index is 0.250. The first-order chi connectivity index (χ1) is 8.72. The molecule has 0 amide bonds. The van der Waals surface area contributed by atoms with Gasteiger partial charge in [-0.15, -0.1) is 0 Å². The minimum atomic E-state index is 0.250. The third kappa shape index (κ3) is 3.02. The molecule has 1 saturated heterocycles. The van der Waals surface area contributed by atoms with Crippen LogP contribution in [-0.4, -0.2) is 35.8 Å². The van der Waals surface area contributed by atoms with Crippen molar-refractivity contribution in [2.24, 2.45) is 0 Å². The van der Waals surface area contributed by atoms with Crippen LogP contribution in [0.25, 0.3) is 0 Å². The quantitative estimate of drug-likeness (QED) is 0.841. The Morgan fingerprint density at radius 1 is 1.33 bits per heavy atom. The Hall–Kier alpha value is -1.10. The molecule has 0 saturated carbocycles. The summed E-state index contributed by atoms with van der Waals surface area (Å²) in [6.07, 6.45) is 3.60. The second-order valence-electron chi connectivity index (χ2n) is 5.16. The lowest BCUT2D eigenvalue weighted by atomic mass is 10.0. The van der Waals surface area contributed by atoms with E-state index in [-0.39, 0.29) is 5.92 Å². The van der Waals surface area contributed by atoms with E-state index < -0.39 is 0 Å². The van der Waals surface area contributed by atoms with Crippen LogP contribution in [0.4, 0.5) is 5.95 Å². The number of rotatable bonds is 6. The summed E-state index contributed by atoms with van der Waals surface area (Å²) in [6, 6.07) is 0.358. The maximum Gasteiger partial charge on any atom is 0.266 e. The van der Waals surface area contributed by atoms with Gasteiger partial charge in [0.2, 0.25) is 5.89 Å². The first-order valence-electron chi connectivity index (χ1n) is 7.04. The maximum absolute atomic E-state index is 5.40. The Labute approximate surface area is 109 Å². The van der Waals surface area contributed by atoms with Crippen LogP contribution in [0.3, 0.4) is 0 Å². The van der Waals surface area contributed by atoms with Gasteiger partial charge in [-0.2, -0.15) is 4.98 Å². The molecular formula is C13H24N4O. The van der Waals surface area contributed by atoms with E-state index in [0.717, 1.165) is 37.9 Å². The van der Waals surface area contributed by atoms with Gasteiger partial charge in [-0.25, -0.2) is 0 Å². The third-order valence-corrected chi connectivity index (χ3v) is 3.68. The predicted molar refractivity (Wildman–Crippen MR) is 71.9 cm³/mol. The van der Waals surface area contributed by atoms with Crippen molar-refractivity contribution in [2.75, 3.05) is 24.5 Å². The zero-order valence-electron chi connectivity index (χ0n) is 11.6. The number of hydrogen-bond acceptors (Lipinski definition) is 5. The van der Waals surface area contributed by atoms with E-state index >= 15 is 0 Å². The molecule has 2 unspecified atom stereocenters. The second kappa shape index (κ2) is 6.18. The average molecular weight is 252 g/mol. The lowest BCUT2D eigenvalue weighted by molar-refractivity contribution is 0.330. The lowest BCUT2D eigenvalue weighted by Crippen LogP contribution is -2.31. The van der Waals surface area contributed by atoms with Crippen LogP contribution in [0, 0.1) is 0 Å². The molecular weight excluding hydrogens is 228 g/mol. The van der Waals surface area contributed by atoms with Crippen LogP contribution < -0.4 is 10.2 Å². The first-order valence-corrected chi connectivity index (χ1v) is 7.04. The van der Waals surface area contributed by atoms with Crippen LogP contribution in [0.2, 0.25) is 0 Å². The van der Waals surface area contributed by atoms with Gasteiger partial charge >= 0.3 is 0 Å². The summed E-state index contributed by atoms with van der Waals surface area (Å²) in [5, 5.41) is 7.56. The van der Waals surface area contributed by atoms with E-state index in [1.165, 1.54) is 12.8 Å². The maximum atomic E-state index is 5.40. The van der Waals surface area contributed by atoms with Gasteiger partial charge in [0.05, 0.1) is 5.92 Å². The summed E-state index contributed by atoms with van der Waals surface area (Å²) in [5.41, 5.74) is 0. The number of aromatic nitrogens is 2. The summed E-state index contributed by atoms with van der Waals surface area (Å²) < 4.78 is 5.40. The Morgan fingerprint density at radius 3 is 2.72 bits per heavy atom. The molecule has 0 aromatic carbocycles. The van der Waals surface area contributed by atoms with Gasteiger partial charge in [-0.1, -0.05) is 13.8 Å². The van der Waals surface area contributed by atoms with E-state index in [2.05, 4.69) is 41.1 Å². The van der Waals surface area contributed by atoms with Crippen LogP contribution >= 0.6 is 0 Å². The molecule has 1 N–H and O–H groups in total. The fourth-order valence-corrected chi connectivity index (χ4v) is 2.22. The largest absolute Gasteiger partial charge is 0.338 e. The lowest BCUT2D eigenvalue weighted by Gasteiger charge is -2.17. The van der Waals surface area contributed by atoms with E-state index in [4.69, 9.17) is 4.52 Å². The highest BCUT2D eigenvalue weighted by atomic mass is 16.5. The van der Waals surface area contributed by atoms with Crippen molar-refractivity contribution < 1.29 is 4.52 Å². The van der Waals surface area contributed by atoms with E-state index in [1.807, 2.05) is 0 Å². The van der Waals surface area contributed by atoms with Gasteiger partial charge in [0.1, 0.15) is 0 Å². The van der Waals surface area contributed by atoms with E-state index in [0.29, 0.717) is 6.04 Å². The molecule has 1 fully saturated rings. The number of hydrogen-bond donors (Lipinski definition) is 1. The van der Waals surface area contributed by atoms with E-state index in [9.17, 15) is 0 Å². The summed E-state index contributed by atoms with van der Waals surface area (Å²) in [7, 11) is 0. The standard InChI is InChI=1S/C13H24N4O/c1-4-7-14-11(3)10(2)12-15-13(16-18-12)17-8-5-6-9-17/h10-11,14H,4-9H2,1-3H3. The molecule has 2 heterocycles. The van der Waals surface area contributed by atoms with Crippen molar-refractivity contribution in [1.29, 1.82) is 0 Å². The summed E-state index contributed by atoms with van der Waals surface area (Å²) in [4.78, 5) is 6.73. The predicted octanol–water partition coefficient (Wildman–Crippen LogP) is 2.16. The fraction of sp³-hybridized carbons (Fsp3) is 0.846. The van der Waals surface area contributed by atoms with Gasteiger partial charge in [-0.3, -0.25) is 0 Å². The average Bonchev–Trinajstić information content (AvgIpc) is 3.04. The molecule has 1 aliphatic heterocycles. The van der Waals surface area contributed by atoms with Crippen molar-refractivity contribution in [3.05, 3.63) is 5.89 Å². The first kappa shape index (κ1) is 13.3. The highest BCUT2D eigenvalue weighted by Gasteiger charge is 2.23. The second-order valence-corrected chi connectivity index (χ2v) is 5.16. The Balaban J connectivity index is 1.95. The van der Waals surface area contributed by atoms with Crippen molar-refractivity contribution >= 4 is 5.95 Å². The molecule has 0 bridgehead atoms. The molecule has 102 valence electrons. The molecule has 5 heteroatoms. The van der Waals surface area contributed by atoms with Crippen LogP contribution in [0.5, 0.6) is 0 Å². The summed E-state index contributed by atoms with van der Waals surface area (Å²) in [6.45, 7) is 9.60. The van der Waals surface area contributed by atoms with Gasteiger partial charge in [-0.05, 0) is 37.9 Å². The number of anilines is 1. The summed E-state index contributed by atoms with van der Waals surface area (Å²) in [5.74, 6) is 1.76. The number of nitrogens with one attached hydrogen (secondary N) is 1. The van der Waals surface area contributed by atoms with Gasteiger partial charge in [0.25, 0.3) is 5.95 Å². The smallest absolute Gasteiger partial charge is 0.266 e. The van der Waals surface area contributed by atoms with Crippen molar-refractivity contribution in [3.8, 4) is 0 Å². The Bertz CT molecular complexity index is 360. The molecule has 1 aromatic rings. The zero-order valence-corrected chi connectivity index (χ0v) is 11.6. The van der Waals surface area contributed by atoms with Crippen molar-refractivity contribution in [1.82, 2.24) is 15.5 Å². The zero-order chi connectivity index (χ0) is 13.0. The van der Waals surface area contributed by atoms with Gasteiger partial charge in [0.15, 0.2) is 0 Å². The molecule has 1 aromatic heterocycles. The van der Waals surface area contributed by atoms with Crippen molar-refractivity contribution in [3.63, 3.8) is 0 Å². The molecule has 1 aliphatic rings. The third-order valence-electron chi connectivity index (χ3n) is 3.68. The minimum Gasteiger partial charge on any atom is -0.338 e. The monoisotopic (exact) mass is 252 g/mol. The van der Waals surface area contributed by atoms with Gasteiger partial charge in [0, 0.05) is 19.1 Å². The van der Waals surface area contributed by atoms with Crippen LogP contribution in [0.15, 0.2) is 4.52 Å². The topological polar surface area (TPSA) is 54.2 Å². The highest BCUT2D eigenvalue weighted by Crippen LogP contribution is 2.22. The highest BCUT2D eigenvalue weighted by molar-refractivity contribution is 5.29. The van der Waals surface area contributed by atoms with Crippen LogP contribution in [-0.2, 0) is 0 Å². The Morgan fingerprint density at radius 2 is 2.06 bits per heavy atom. The molecule has 0 radical (unpaired) electrons. The Kier molecular flexibility index (Phi) is 4.58. The SMILES string of the molecule is CCCNC(C)C(C)c1nc(N2CCCC2)no1. The fourth-order valence-electron chi connectivity index (χ4n) is 2.22. The summed E-state index contributed by atoms with van der Waals surface area (Å²) >= 11 is 0. The molecule has 0 aliphatic carbocycles. The van der Waals surface area contributed by atoms with Crippen molar-refractivity contribution in [2.45, 2.75) is 52.0 Å². The molecule has 5 nitrogen and oxygen atoms in total. The molecule has 2 atom stereocenters. The molecule has 18 heavy (non-hydrogen) atoms. The normalized spacial score (nSPS) is 19.2. The van der Waals surface area contributed by atoms with E-state index in [1.54, 1.807) is 0 Å². The number of nitrogens with zero attached hydrogens (tertiary/aromatic N) is 3.